The van der Waals surface area contributed by atoms with Crippen LogP contribution in [0.1, 0.15) is 38.7 Å². The molecule has 1 aromatic carbocycles. The highest BCUT2D eigenvalue weighted by Gasteiger charge is 2.36. The molecule has 3 amide bonds. The third-order valence-electron chi connectivity index (χ3n) is 3.89. The zero-order valence-electron chi connectivity index (χ0n) is 16.0. The number of urea groups is 1. The van der Waals surface area contributed by atoms with Gasteiger partial charge in [0.25, 0.3) is 0 Å². The number of amides is 3. The third kappa shape index (κ3) is 5.09. The predicted octanol–water partition coefficient (Wildman–Crippen LogP) is 1.31. The first kappa shape index (κ1) is 20.9. The maximum Gasteiger partial charge on any atom is 0.338 e. The summed E-state index contributed by atoms with van der Waals surface area (Å²) in [6.07, 6.45) is -0.0764. The molecule has 0 fully saturated rings. The van der Waals surface area contributed by atoms with Gasteiger partial charge in [0, 0.05) is 31.4 Å². The van der Waals surface area contributed by atoms with E-state index in [0.29, 0.717) is 12.1 Å². The summed E-state index contributed by atoms with van der Waals surface area (Å²) in [6, 6.07) is 6.03. The molecule has 0 aliphatic carbocycles. The van der Waals surface area contributed by atoms with Crippen LogP contribution in [0.15, 0.2) is 35.7 Å². The normalized spacial score (nSPS) is 16.1. The fraction of sp³-hybridized carbons (Fsp3) is 0.368. The third-order valence-corrected chi connectivity index (χ3v) is 3.89. The Kier molecular flexibility index (Phi) is 7.14. The lowest BCUT2D eigenvalue weighted by molar-refractivity contribution is -0.139. The van der Waals surface area contributed by atoms with Crippen molar-refractivity contribution in [1.82, 2.24) is 16.0 Å². The smallest absolute Gasteiger partial charge is 0.338 e. The molecule has 0 radical (unpaired) electrons. The molecule has 1 aromatic rings. The topological polar surface area (TPSA) is 123 Å². The van der Waals surface area contributed by atoms with Crippen molar-refractivity contribution in [3.63, 3.8) is 0 Å². The van der Waals surface area contributed by atoms with Gasteiger partial charge < -0.3 is 20.1 Å². The highest BCUT2D eigenvalue weighted by atomic mass is 16.5. The lowest BCUT2D eigenvalue weighted by atomic mass is 9.85. The molecule has 0 spiro atoms. The molecular formula is C19H23N3O6. The second-order valence-electron chi connectivity index (χ2n) is 5.93. The standard InChI is InChI=1S/C19H23N3O6/c1-4-20-19(26)22-17-16(18(25)27-5-2)13(10-15(24)21-17)12-8-6-7-9-14(12)28-11(3)23/h6-9,13H,4-5,10H2,1-3H3,(H,21,24)(H2,20,22,26). The zero-order chi connectivity index (χ0) is 20.7. The molecule has 150 valence electrons. The molecule has 0 saturated heterocycles. The number of carbonyl (C=O) groups excluding carboxylic acids is 4. The number of hydrogen-bond acceptors (Lipinski definition) is 6. The van der Waals surface area contributed by atoms with Crippen LogP contribution < -0.4 is 20.7 Å². The Hall–Kier alpha value is -3.36. The van der Waals surface area contributed by atoms with Crippen molar-refractivity contribution in [3.05, 3.63) is 41.2 Å². The van der Waals surface area contributed by atoms with E-state index in [9.17, 15) is 19.2 Å². The van der Waals surface area contributed by atoms with Gasteiger partial charge in [-0.2, -0.15) is 0 Å². The van der Waals surface area contributed by atoms with Crippen molar-refractivity contribution < 1.29 is 28.7 Å². The fourth-order valence-corrected chi connectivity index (χ4v) is 2.87. The molecule has 0 saturated carbocycles. The van der Waals surface area contributed by atoms with E-state index in [4.69, 9.17) is 9.47 Å². The highest BCUT2D eigenvalue weighted by molar-refractivity contribution is 5.97. The molecule has 1 aliphatic rings. The van der Waals surface area contributed by atoms with Crippen LogP contribution in [-0.2, 0) is 19.1 Å². The van der Waals surface area contributed by atoms with E-state index in [1.807, 2.05) is 0 Å². The van der Waals surface area contributed by atoms with Gasteiger partial charge in [-0.05, 0) is 19.9 Å². The van der Waals surface area contributed by atoms with Crippen LogP contribution in [0.4, 0.5) is 4.79 Å². The summed E-state index contributed by atoms with van der Waals surface area (Å²) in [5.74, 6) is -2.20. The Morgan fingerprint density at radius 2 is 1.93 bits per heavy atom. The Balaban J connectivity index is 2.56. The van der Waals surface area contributed by atoms with Crippen molar-refractivity contribution >= 4 is 23.9 Å². The van der Waals surface area contributed by atoms with Crippen molar-refractivity contribution in [2.45, 2.75) is 33.1 Å². The van der Waals surface area contributed by atoms with Gasteiger partial charge >= 0.3 is 18.0 Å². The van der Waals surface area contributed by atoms with Gasteiger partial charge in [-0.1, -0.05) is 18.2 Å². The lowest BCUT2D eigenvalue weighted by Crippen LogP contribution is -2.46. The van der Waals surface area contributed by atoms with Gasteiger partial charge in [-0.3, -0.25) is 14.9 Å². The summed E-state index contributed by atoms with van der Waals surface area (Å²) >= 11 is 0. The van der Waals surface area contributed by atoms with Crippen LogP contribution in [0.3, 0.4) is 0 Å². The maximum absolute atomic E-state index is 12.7. The molecule has 28 heavy (non-hydrogen) atoms. The van der Waals surface area contributed by atoms with E-state index < -0.39 is 29.8 Å². The minimum atomic E-state index is -0.764. The highest BCUT2D eigenvalue weighted by Crippen LogP contribution is 2.37. The molecule has 0 bridgehead atoms. The zero-order valence-corrected chi connectivity index (χ0v) is 16.0. The lowest BCUT2D eigenvalue weighted by Gasteiger charge is -2.28. The van der Waals surface area contributed by atoms with Crippen LogP contribution in [-0.4, -0.2) is 37.0 Å². The van der Waals surface area contributed by atoms with E-state index in [2.05, 4.69) is 16.0 Å². The van der Waals surface area contributed by atoms with E-state index in [0.717, 1.165) is 0 Å². The molecule has 1 heterocycles. The molecule has 9 nitrogen and oxygen atoms in total. The molecule has 9 heteroatoms. The Morgan fingerprint density at radius 1 is 1.21 bits per heavy atom. The van der Waals surface area contributed by atoms with Gasteiger partial charge in [0.2, 0.25) is 5.91 Å². The van der Waals surface area contributed by atoms with Gasteiger partial charge in [0.1, 0.15) is 11.6 Å². The predicted molar refractivity (Wildman–Crippen MR) is 99.1 cm³/mol. The van der Waals surface area contributed by atoms with Crippen molar-refractivity contribution in [3.8, 4) is 5.75 Å². The Labute approximate surface area is 162 Å². The molecule has 1 atom stereocenters. The van der Waals surface area contributed by atoms with Crippen LogP contribution in [0.25, 0.3) is 0 Å². The molecule has 1 aliphatic heterocycles. The number of rotatable bonds is 6. The number of carbonyl (C=O) groups is 4. The summed E-state index contributed by atoms with van der Waals surface area (Å²) in [6.45, 7) is 5.12. The van der Waals surface area contributed by atoms with E-state index in [-0.39, 0.29) is 30.2 Å². The largest absolute Gasteiger partial charge is 0.463 e. The quantitative estimate of drug-likeness (QED) is 0.498. The van der Waals surface area contributed by atoms with Gasteiger partial charge in [0.05, 0.1) is 12.2 Å². The van der Waals surface area contributed by atoms with Crippen molar-refractivity contribution in [2.24, 2.45) is 0 Å². The molecular weight excluding hydrogens is 366 g/mol. The second-order valence-corrected chi connectivity index (χ2v) is 5.93. The van der Waals surface area contributed by atoms with Crippen LogP contribution in [0.5, 0.6) is 5.75 Å². The van der Waals surface area contributed by atoms with Crippen molar-refractivity contribution in [1.29, 1.82) is 0 Å². The van der Waals surface area contributed by atoms with Gasteiger partial charge in [-0.25, -0.2) is 9.59 Å². The van der Waals surface area contributed by atoms with E-state index in [1.54, 1.807) is 38.1 Å². The molecule has 1 unspecified atom stereocenters. The Morgan fingerprint density at radius 3 is 2.57 bits per heavy atom. The number of nitrogens with one attached hydrogen (secondary N) is 3. The van der Waals surface area contributed by atoms with E-state index >= 15 is 0 Å². The number of ether oxygens (including phenoxy) is 2. The average Bonchev–Trinajstić information content (AvgIpc) is 2.61. The number of esters is 2. The fourth-order valence-electron chi connectivity index (χ4n) is 2.87. The van der Waals surface area contributed by atoms with Crippen LogP contribution >= 0.6 is 0 Å². The first-order chi connectivity index (χ1) is 13.4. The van der Waals surface area contributed by atoms with E-state index in [1.165, 1.54) is 6.92 Å². The van der Waals surface area contributed by atoms with Gasteiger partial charge in [0.15, 0.2) is 0 Å². The maximum atomic E-state index is 12.7. The molecule has 3 N–H and O–H groups in total. The minimum absolute atomic E-state index is 0.0525. The summed E-state index contributed by atoms with van der Waals surface area (Å²) < 4.78 is 10.4. The summed E-state index contributed by atoms with van der Waals surface area (Å²) in [4.78, 5) is 48.4. The first-order valence-corrected chi connectivity index (χ1v) is 8.90. The van der Waals surface area contributed by atoms with Crippen molar-refractivity contribution in [2.75, 3.05) is 13.2 Å². The molecule has 0 aromatic heterocycles. The van der Waals surface area contributed by atoms with Gasteiger partial charge in [-0.15, -0.1) is 0 Å². The van der Waals surface area contributed by atoms with Crippen LogP contribution in [0.2, 0.25) is 0 Å². The number of para-hydroxylation sites is 1. The average molecular weight is 389 g/mol. The number of benzene rings is 1. The molecule has 2 rings (SSSR count). The monoisotopic (exact) mass is 389 g/mol. The van der Waals surface area contributed by atoms with Crippen LogP contribution in [0, 0.1) is 0 Å². The Bertz CT molecular complexity index is 818. The summed E-state index contributed by atoms with van der Waals surface area (Å²) in [7, 11) is 0. The summed E-state index contributed by atoms with van der Waals surface area (Å²) in [5.41, 5.74) is 0.540. The second kappa shape index (κ2) is 9.54. The first-order valence-electron chi connectivity index (χ1n) is 8.90. The minimum Gasteiger partial charge on any atom is -0.463 e. The summed E-state index contributed by atoms with van der Waals surface area (Å²) in [5, 5.41) is 7.54. The SMILES string of the molecule is CCNC(=O)NC1=C(C(=O)OCC)C(c2ccccc2OC(C)=O)CC(=O)N1. The number of hydrogen-bond donors (Lipinski definition) is 3.